The van der Waals surface area contributed by atoms with Gasteiger partial charge in [-0.1, -0.05) is 19.0 Å². The van der Waals surface area contributed by atoms with Gasteiger partial charge in [0.15, 0.2) is 5.82 Å². The molecule has 0 aliphatic carbocycles. The molecule has 1 N–H and O–H groups in total. The van der Waals surface area contributed by atoms with E-state index in [-0.39, 0.29) is 24.4 Å². The molecule has 1 fully saturated rings. The summed E-state index contributed by atoms with van der Waals surface area (Å²) in [5.74, 6) is 1.90. The summed E-state index contributed by atoms with van der Waals surface area (Å²) in [6.07, 6.45) is 1.88. The van der Waals surface area contributed by atoms with E-state index in [2.05, 4.69) is 51.2 Å². The van der Waals surface area contributed by atoms with E-state index < -0.39 is 0 Å². The van der Waals surface area contributed by atoms with Crippen LogP contribution in [0.1, 0.15) is 48.7 Å². The van der Waals surface area contributed by atoms with Crippen LogP contribution in [0.3, 0.4) is 0 Å². The van der Waals surface area contributed by atoms with E-state index in [4.69, 9.17) is 9.62 Å². The first kappa shape index (κ1) is 21.4. The highest BCUT2D eigenvalue weighted by atomic mass is 35.5. The Bertz CT molecular complexity index is 962. The standard InChI is InChI=1S/C19H26N8O.ClH/c1-11(2)16-14(10-27(24-16)19-21-12(3)8-13(4)22-19)18-23-17(25-28-18)15-9-20-6-7-26(15)5;/h8,10-11,15,20H,6-7,9H2,1-5H3;1H. The molecule has 1 aliphatic heterocycles. The molecule has 0 aromatic carbocycles. The molecular formula is C19H27ClN8O. The molecule has 0 radical (unpaired) electrons. The van der Waals surface area contributed by atoms with Gasteiger partial charge in [0, 0.05) is 37.2 Å². The third kappa shape index (κ3) is 4.31. The van der Waals surface area contributed by atoms with Gasteiger partial charge in [-0.25, -0.2) is 14.6 Å². The highest BCUT2D eigenvalue weighted by molar-refractivity contribution is 5.85. The Balaban J connectivity index is 0.00000240. The number of aryl methyl sites for hydroxylation is 2. The van der Waals surface area contributed by atoms with E-state index in [0.717, 1.165) is 42.3 Å². The Morgan fingerprint density at radius 1 is 1.17 bits per heavy atom. The number of aromatic nitrogens is 6. The molecule has 9 nitrogen and oxygen atoms in total. The first-order valence-corrected chi connectivity index (χ1v) is 9.59. The predicted octanol–water partition coefficient (Wildman–Crippen LogP) is 2.45. The van der Waals surface area contributed by atoms with Gasteiger partial charge in [-0.05, 0) is 32.9 Å². The number of piperazine rings is 1. The number of hydrogen-bond donors (Lipinski definition) is 1. The summed E-state index contributed by atoms with van der Waals surface area (Å²) in [4.78, 5) is 15.9. The molecule has 4 rings (SSSR count). The maximum absolute atomic E-state index is 5.63. The normalized spacial score (nSPS) is 17.5. The Morgan fingerprint density at radius 2 is 1.90 bits per heavy atom. The molecule has 0 bridgehead atoms. The molecule has 4 heterocycles. The third-order valence-electron chi connectivity index (χ3n) is 4.95. The summed E-state index contributed by atoms with van der Waals surface area (Å²) in [5.41, 5.74) is 3.51. The second-order valence-electron chi connectivity index (χ2n) is 7.64. The topological polar surface area (TPSA) is 97.8 Å². The highest BCUT2D eigenvalue weighted by Gasteiger charge is 2.27. The Morgan fingerprint density at radius 3 is 2.55 bits per heavy atom. The fourth-order valence-corrected chi connectivity index (χ4v) is 3.46. The predicted molar refractivity (Wildman–Crippen MR) is 111 cm³/mol. The molecule has 1 saturated heterocycles. The van der Waals surface area contributed by atoms with Crippen molar-refractivity contribution in [3.63, 3.8) is 0 Å². The van der Waals surface area contributed by atoms with Crippen LogP contribution in [-0.2, 0) is 0 Å². The van der Waals surface area contributed by atoms with E-state index in [1.165, 1.54) is 0 Å². The number of halogens is 1. The summed E-state index contributed by atoms with van der Waals surface area (Å²) >= 11 is 0. The zero-order valence-corrected chi connectivity index (χ0v) is 18.2. The van der Waals surface area contributed by atoms with Crippen molar-refractivity contribution in [2.45, 2.75) is 39.7 Å². The zero-order valence-electron chi connectivity index (χ0n) is 17.4. The maximum Gasteiger partial charge on any atom is 0.261 e. The average molecular weight is 419 g/mol. The van der Waals surface area contributed by atoms with Crippen LogP contribution in [0.2, 0.25) is 0 Å². The van der Waals surface area contributed by atoms with Crippen LogP contribution in [0.25, 0.3) is 17.4 Å². The van der Waals surface area contributed by atoms with E-state index >= 15 is 0 Å². The first-order chi connectivity index (χ1) is 13.4. The molecule has 0 saturated carbocycles. The van der Waals surface area contributed by atoms with Gasteiger partial charge in [0.05, 0.1) is 17.3 Å². The Labute approximate surface area is 176 Å². The van der Waals surface area contributed by atoms with E-state index in [9.17, 15) is 0 Å². The molecule has 3 aromatic heterocycles. The molecule has 1 atom stereocenters. The van der Waals surface area contributed by atoms with Gasteiger partial charge >= 0.3 is 0 Å². The summed E-state index contributed by atoms with van der Waals surface area (Å²) in [6.45, 7) is 10.8. The minimum absolute atomic E-state index is 0. The lowest BCUT2D eigenvalue weighted by Crippen LogP contribution is -2.44. The average Bonchev–Trinajstić information content (AvgIpc) is 3.28. The van der Waals surface area contributed by atoms with Crippen molar-refractivity contribution in [1.82, 2.24) is 40.1 Å². The second kappa shape index (κ2) is 8.56. The van der Waals surface area contributed by atoms with Crippen molar-refractivity contribution in [1.29, 1.82) is 0 Å². The van der Waals surface area contributed by atoms with Gasteiger partial charge in [-0.2, -0.15) is 10.1 Å². The molecule has 1 aliphatic rings. The van der Waals surface area contributed by atoms with Gasteiger partial charge in [0.1, 0.15) is 0 Å². The summed E-state index contributed by atoms with van der Waals surface area (Å²) < 4.78 is 7.33. The molecular weight excluding hydrogens is 392 g/mol. The minimum atomic E-state index is 0. The summed E-state index contributed by atoms with van der Waals surface area (Å²) in [5, 5.41) is 12.3. The Kier molecular flexibility index (Phi) is 6.30. The van der Waals surface area contributed by atoms with Gasteiger partial charge in [-0.15, -0.1) is 12.4 Å². The van der Waals surface area contributed by atoms with Crippen LogP contribution in [-0.4, -0.2) is 61.5 Å². The second-order valence-corrected chi connectivity index (χ2v) is 7.64. The fourth-order valence-electron chi connectivity index (χ4n) is 3.46. The SMILES string of the molecule is Cc1cc(C)nc(-n2cc(-c3nc(C4CNCCN4C)no3)c(C(C)C)n2)n1.Cl. The first-order valence-electron chi connectivity index (χ1n) is 9.59. The lowest BCUT2D eigenvalue weighted by Gasteiger charge is -2.30. The van der Waals surface area contributed by atoms with Gasteiger partial charge in [-0.3, -0.25) is 4.90 Å². The molecule has 156 valence electrons. The lowest BCUT2D eigenvalue weighted by molar-refractivity contribution is 0.190. The van der Waals surface area contributed by atoms with E-state index in [1.54, 1.807) is 4.68 Å². The minimum Gasteiger partial charge on any atom is -0.334 e. The van der Waals surface area contributed by atoms with E-state index in [1.807, 2.05) is 26.1 Å². The van der Waals surface area contributed by atoms with Gasteiger partial charge < -0.3 is 9.84 Å². The molecule has 3 aromatic rings. The van der Waals surface area contributed by atoms with Gasteiger partial charge in [0.2, 0.25) is 0 Å². The fraction of sp³-hybridized carbons (Fsp3) is 0.526. The maximum atomic E-state index is 5.63. The van der Waals surface area contributed by atoms with Crippen LogP contribution < -0.4 is 5.32 Å². The van der Waals surface area contributed by atoms with Crippen LogP contribution in [0.4, 0.5) is 0 Å². The third-order valence-corrected chi connectivity index (χ3v) is 4.95. The molecule has 1 unspecified atom stereocenters. The highest BCUT2D eigenvalue weighted by Crippen LogP contribution is 2.29. The van der Waals surface area contributed by atoms with Crippen LogP contribution in [0, 0.1) is 13.8 Å². The van der Waals surface area contributed by atoms with Gasteiger partial charge in [0.25, 0.3) is 11.8 Å². The monoisotopic (exact) mass is 418 g/mol. The van der Waals surface area contributed by atoms with Crippen LogP contribution in [0.5, 0.6) is 0 Å². The number of hydrogen-bond acceptors (Lipinski definition) is 8. The molecule has 29 heavy (non-hydrogen) atoms. The van der Waals surface area contributed by atoms with Crippen molar-refractivity contribution >= 4 is 12.4 Å². The van der Waals surface area contributed by atoms with Crippen molar-refractivity contribution in [2.24, 2.45) is 0 Å². The molecule has 0 amide bonds. The summed E-state index contributed by atoms with van der Waals surface area (Å²) in [6, 6.07) is 2.04. The molecule has 10 heteroatoms. The van der Waals surface area contributed by atoms with Crippen LogP contribution in [0.15, 0.2) is 16.8 Å². The lowest BCUT2D eigenvalue weighted by atomic mass is 10.1. The van der Waals surface area contributed by atoms with Crippen molar-refractivity contribution in [3.05, 3.63) is 35.2 Å². The Hall–Kier alpha value is -2.36. The number of nitrogens with one attached hydrogen (secondary N) is 1. The van der Waals surface area contributed by atoms with Crippen molar-refractivity contribution in [3.8, 4) is 17.4 Å². The largest absolute Gasteiger partial charge is 0.334 e. The van der Waals surface area contributed by atoms with Crippen molar-refractivity contribution in [2.75, 3.05) is 26.7 Å². The molecule has 0 spiro atoms. The number of likely N-dealkylation sites (N-methyl/N-ethyl adjacent to an activating group) is 1. The summed E-state index contributed by atoms with van der Waals surface area (Å²) in [7, 11) is 2.08. The number of nitrogens with zero attached hydrogens (tertiary/aromatic N) is 7. The number of rotatable bonds is 4. The quantitative estimate of drug-likeness (QED) is 0.689. The van der Waals surface area contributed by atoms with Crippen LogP contribution >= 0.6 is 12.4 Å². The zero-order chi connectivity index (χ0) is 19.8. The van der Waals surface area contributed by atoms with E-state index in [0.29, 0.717) is 17.7 Å². The van der Waals surface area contributed by atoms with Crippen molar-refractivity contribution < 1.29 is 4.52 Å². The smallest absolute Gasteiger partial charge is 0.261 e.